The van der Waals surface area contributed by atoms with E-state index in [-0.39, 0.29) is 28.8 Å². The van der Waals surface area contributed by atoms with Crippen molar-refractivity contribution in [1.82, 2.24) is 15.5 Å². The number of carbonyl (C=O) groups is 2. The van der Waals surface area contributed by atoms with Gasteiger partial charge in [0, 0.05) is 26.8 Å². The van der Waals surface area contributed by atoms with Crippen molar-refractivity contribution in [3.05, 3.63) is 34.2 Å². The number of aromatic nitrogens is 2. The van der Waals surface area contributed by atoms with Crippen LogP contribution in [0.1, 0.15) is 102 Å². The van der Waals surface area contributed by atoms with Gasteiger partial charge in [0.05, 0.1) is 11.4 Å². The van der Waals surface area contributed by atoms with Crippen LogP contribution in [0.5, 0.6) is 0 Å². The van der Waals surface area contributed by atoms with E-state index in [1.165, 1.54) is 42.2 Å². The summed E-state index contributed by atoms with van der Waals surface area (Å²) in [6.45, 7) is 13.3. The molecule has 1 heterocycles. The van der Waals surface area contributed by atoms with Crippen LogP contribution in [-0.2, 0) is 32.6 Å². The van der Waals surface area contributed by atoms with E-state index < -0.39 is 0 Å². The summed E-state index contributed by atoms with van der Waals surface area (Å²) in [6, 6.07) is 0. The highest BCUT2D eigenvalue weighted by Crippen LogP contribution is 2.64. The third-order valence-corrected chi connectivity index (χ3v) is 10.7. The summed E-state index contributed by atoms with van der Waals surface area (Å²) >= 11 is 0. The zero-order valence-electron chi connectivity index (χ0n) is 23.7. The van der Waals surface area contributed by atoms with Crippen molar-refractivity contribution in [3.63, 3.8) is 0 Å². The topological polar surface area (TPSA) is 81.2 Å². The summed E-state index contributed by atoms with van der Waals surface area (Å²) in [4.78, 5) is 22.8. The molecule has 1 aromatic rings. The monoisotopic (exact) mass is 507 g/mol. The number of esters is 1. The first-order chi connectivity index (χ1) is 17.5. The molecule has 0 bridgehead atoms. The Labute approximate surface area is 222 Å². The Hall–Kier alpha value is -2.24. The zero-order chi connectivity index (χ0) is 26.5. The normalized spacial score (nSPS) is 34.8. The summed E-state index contributed by atoms with van der Waals surface area (Å²) in [5.41, 5.74) is 7.17. The molecule has 0 aliphatic heterocycles. The highest BCUT2D eigenvalue weighted by molar-refractivity contribution is 5.72. The van der Waals surface area contributed by atoms with E-state index in [9.17, 15) is 9.59 Å². The van der Waals surface area contributed by atoms with Crippen LogP contribution in [0, 0.1) is 36.0 Å². The largest absolute Gasteiger partial charge is 0.462 e. The molecule has 1 aromatic heterocycles. The number of hydrogen-bond donors (Lipinski definition) is 1. The summed E-state index contributed by atoms with van der Waals surface area (Å²) in [5, 5.41) is 12.5. The lowest BCUT2D eigenvalue weighted by Gasteiger charge is -2.57. The van der Waals surface area contributed by atoms with Gasteiger partial charge in [0.1, 0.15) is 6.10 Å². The number of hydrogen-bond acceptors (Lipinski definition) is 5. The molecule has 37 heavy (non-hydrogen) atoms. The van der Waals surface area contributed by atoms with Gasteiger partial charge in [0.2, 0.25) is 5.91 Å². The maximum atomic E-state index is 11.6. The van der Waals surface area contributed by atoms with Crippen LogP contribution in [0.4, 0.5) is 0 Å². The maximum absolute atomic E-state index is 11.6. The second-order valence-electron chi connectivity index (χ2n) is 13.1. The van der Waals surface area contributed by atoms with Crippen molar-refractivity contribution in [1.29, 1.82) is 0 Å². The molecule has 4 aliphatic rings. The fourth-order valence-corrected chi connectivity index (χ4v) is 8.73. The highest BCUT2D eigenvalue weighted by atomic mass is 16.5. The molecule has 6 heteroatoms. The molecular weight excluding hydrogens is 462 g/mol. The van der Waals surface area contributed by atoms with Gasteiger partial charge in [-0.1, -0.05) is 32.4 Å². The van der Waals surface area contributed by atoms with Gasteiger partial charge >= 0.3 is 5.97 Å². The van der Waals surface area contributed by atoms with Crippen molar-refractivity contribution in [2.45, 2.75) is 111 Å². The molecule has 0 saturated heterocycles. The van der Waals surface area contributed by atoms with E-state index in [1.54, 1.807) is 6.92 Å². The lowest BCUT2D eigenvalue weighted by Crippen LogP contribution is -2.51. The first kappa shape index (κ1) is 26.4. The molecule has 2 saturated carbocycles. The number of rotatable bonds is 6. The Morgan fingerprint density at radius 3 is 2.59 bits per heavy atom. The second-order valence-corrected chi connectivity index (χ2v) is 13.1. The fourth-order valence-electron chi connectivity index (χ4n) is 8.73. The number of nitrogens with zero attached hydrogens (tertiary/aromatic N) is 2. The van der Waals surface area contributed by atoms with Gasteiger partial charge < -0.3 is 10.1 Å². The third kappa shape index (κ3) is 4.63. The van der Waals surface area contributed by atoms with Gasteiger partial charge in [0.25, 0.3) is 0 Å². The Bertz CT molecular complexity index is 1110. The van der Waals surface area contributed by atoms with Gasteiger partial charge in [-0.05, 0) is 104 Å². The van der Waals surface area contributed by atoms with E-state index in [2.05, 4.69) is 39.1 Å². The molecule has 1 N–H and O–H groups in total. The standard InChI is InChI=1S/C31H45N3O3/c1-18(17-32-20(3)35)7-10-27-19(2)29-28(34-33-27)16-26-24-9-8-22-15-23(37-21(4)36)11-13-30(22,5)25(24)12-14-31(26,29)6/h8,18,23-26H,7,9-17H2,1-6H3,(H,32,35)/t18-,23-,24-,25-,26-,30-,31-/m0/s1. The predicted octanol–water partition coefficient (Wildman–Crippen LogP) is 5.40. The molecule has 0 aromatic carbocycles. The van der Waals surface area contributed by atoms with Gasteiger partial charge in [-0.3, -0.25) is 9.59 Å². The lowest BCUT2D eigenvalue weighted by atomic mass is 9.47. The molecule has 0 unspecified atom stereocenters. The van der Waals surface area contributed by atoms with E-state index in [0.717, 1.165) is 50.6 Å². The summed E-state index contributed by atoms with van der Waals surface area (Å²) in [5.74, 6) is 2.28. The SMILES string of the molecule is CC(=O)NC[C@@H](C)CCc1nnc2c(c1C)[C@@]1(C)CC[C@H]3[C@H](CC=C4C[C@@H](OC(C)=O)CC[C@@]43C)[C@@H]1C2. The highest BCUT2D eigenvalue weighted by Gasteiger charge is 2.58. The molecule has 1 amide bonds. The number of carbonyl (C=O) groups excluding carboxylic acids is 2. The summed E-state index contributed by atoms with van der Waals surface area (Å²) in [7, 11) is 0. The minimum atomic E-state index is -0.155. The minimum Gasteiger partial charge on any atom is -0.462 e. The van der Waals surface area contributed by atoms with E-state index in [0.29, 0.717) is 30.2 Å². The molecule has 0 spiro atoms. The van der Waals surface area contributed by atoms with E-state index in [1.807, 2.05) is 0 Å². The number of fused-ring (bicyclic) bond motifs is 7. The fraction of sp³-hybridized carbons (Fsp3) is 0.742. The van der Waals surface area contributed by atoms with Crippen LogP contribution < -0.4 is 5.32 Å². The number of nitrogens with one attached hydrogen (secondary N) is 1. The van der Waals surface area contributed by atoms with Gasteiger partial charge in [-0.15, -0.1) is 0 Å². The van der Waals surface area contributed by atoms with Crippen molar-refractivity contribution < 1.29 is 14.3 Å². The molecule has 4 aliphatic carbocycles. The van der Waals surface area contributed by atoms with Crippen LogP contribution in [0.25, 0.3) is 0 Å². The average Bonchev–Trinajstić information content (AvgIpc) is 3.15. The first-order valence-electron chi connectivity index (χ1n) is 14.5. The minimum absolute atomic E-state index is 0.0332. The Morgan fingerprint density at radius 1 is 1.11 bits per heavy atom. The van der Waals surface area contributed by atoms with Gasteiger partial charge in [-0.2, -0.15) is 10.2 Å². The van der Waals surface area contributed by atoms with Crippen molar-refractivity contribution in [2.75, 3.05) is 6.54 Å². The summed E-state index contributed by atoms with van der Waals surface area (Å²) in [6.07, 6.45) is 12.2. The Balaban J connectivity index is 1.35. The van der Waals surface area contributed by atoms with Gasteiger partial charge in [0.15, 0.2) is 0 Å². The predicted molar refractivity (Wildman–Crippen MR) is 144 cm³/mol. The number of aryl methyl sites for hydroxylation is 1. The molecule has 5 rings (SSSR count). The Morgan fingerprint density at radius 2 is 1.86 bits per heavy atom. The Kier molecular flexibility index (Phi) is 6.99. The van der Waals surface area contributed by atoms with Crippen molar-refractivity contribution in [2.24, 2.45) is 29.1 Å². The van der Waals surface area contributed by atoms with Crippen LogP contribution in [0.3, 0.4) is 0 Å². The third-order valence-electron chi connectivity index (χ3n) is 10.7. The first-order valence-corrected chi connectivity index (χ1v) is 14.5. The molecule has 0 radical (unpaired) electrons. The number of amides is 1. The van der Waals surface area contributed by atoms with Crippen molar-refractivity contribution >= 4 is 11.9 Å². The molecule has 7 atom stereocenters. The quantitative estimate of drug-likeness (QED) is 0.412. The summed E-state index contributed by atoms with van der Waals surface area (Å²) < 4.78 is 5.62. The average molecular weight is 508 g/mol. The van der Waals surface area contributed by atoms with Crippen LogP contribution in [0.15, 0.2) is 11.6 Å². The molecular formula is C31H45N3O3. The number of ether oxygens (including phenoxy) is 1. The number of allylic oxidation sites excluding steroid dienone is 1. The van der Waals surface area contributed by atoms with Crippen LogP contribution in [-0.4, -0.2) is 34.7 Å². The van der Waals surface area contributed by atoms with Gasteiger partial charge in [-0.25, -0.2) is 0 Å². The van der Waals surface area contributed by atoms with Crippen LogP contribution in [0.2, 0.25) is 0 Å². The maximum Gasteiger partial charge on any atom is 0.302 e. The van der Waals surface area contributed by atoms with E-state index in [4.69, 9.17) is 14.9 Å². The zero-order valence-corrected chi connectivity index (χ0v) is 23.7. The van der Waals surface area contributed by atoms with Crippen molar-refractivity contribution in [3.8, 4) is 0 Å². The molecule has 6 nitrogen and oxygen atoms in total. The molecule has 2 fully saturated rings. The second kappa shape index (κ2) is 9.81. The van der Waals surface area contributed by atoms with Crippen LogP contribution >= 0.6 is 0 Å². The smallest absolute Gasteiger partial charge is 0.302 e. The lowest BCUT2D eigenvalue weighted by molar-refractivity contribution is -0.148. The van der Waals surface area contributed by atoms with E-state index >= 15 is 0 Å². The molecule has 202 valence electrons.